The first-order chi connectivity index (χ1) is 12.2. The number of nitrogens with one attached hydrogen (secondary N) is 2. The molecule has 2 aromatic carbocycles. The molecule has 0 saturated heterocycles. The molecule has 0 radical (unpaired) electrons. The molecule has 1 heterocycles. The summed E-state index contributed by atoms with van der Waals surface area (Å²) < 4.78 is 6.89. The number of benzene rings is 2. The van der Waals surface area contributed by atoms with Gasteiger partial charge in [-0.05, 0) is 29.8 Å². The van der Waals surface area contributed by atoms with Crippen LogP contribution in [0.15, 0.2) is 69.1 Å². The van der Waals surface area contributed by atoms with Crippen molar-refractivity contribution in [2.24, 2.45) is 5.10 Å². The molecular formula is C17H14BrN5O2. The van der Waals surface area contributed by atoms with Crippen molar-refractivity contribution in [2.45, 2.75) is 6.61 Å². The average molecular weight is 400 g/mol. The lowest BCUT2D eigenvalue weighted by Gasteiger charge is -2.09. The molecule has 0 aliphatic heterocycles. The maximum atomic E-state index is 11.1. The minimum atomic E-state index is -0.356. The van der Waals surface area contributed by atoms with Gasteiger partial charge in [-0.2, -0.15) is 5.10 Å². The Kier molecular flexibility index (Phi) is 5.53. The van der Waals surface area contributed by atoms with Crippen LogP contribution in [0.1, 0.15) is 11.1 Å². The predicted octanol–water partition coefficient (Wildman–Crippen LogP) is 2.95. The molecule has 0 saturated carbocycles. The molecule has 0 atom stereocenters. The SMILES string of the molecule is O=c1cnnc(N/N=C/c2ccccc2OCc2ccc(Br)cc2)[nH]1. The van der Waals surface area contributed by atoms with Crippen molar-refractivity contribution in [1.82, 2.24) is 15.2 Å². The topological polar surface area (TPSA) is 92.3 Å². The Morgan fingerprint density at radius 2 is 2.00 bits per heavy atom. The Bertz CT molecular complexity index is 925. The molecule has 3 rings (SSSR count). The van der Waals surface area contributed by atoms with Crippen LogP contribution in [0.3, 0.4) is 0 Å². The van der Waals surface area contributed by atoms with E-state index in [-0.39, 0.29) is 11.5 Å². The lowest BCUT2D eigenvalue weighted by molar-refractivity contribution is 0.306. The Morgan fingerprint density at radius 1 is 1.20 bits per heavy atom. The zero-order valence-corrected chi connectivity index (χ0v) is 14.6. The highest BCUT2D eigenvalue weighted by Crippen LogP contribution is 2.18. The fourth-order valence-corrected chi connectivity index (χ4v) is 2.25. The summed E-state index contributed by atoms with van der Waals surface area (Å²) in [6, 6.07) is 15.4. The van der Waals surface area contributed by atoms with Crippen LogP contribution >= 0.6 is 15.9 Å². The van der Waals surface area contributed by atoms with Gasteiger partial charge in [0.1, 0.15) is 18.6 Å². The minimum Gasteiger partial charge on any atom is -0.488 e. The van der Waals surface area contributed by atoms with E-state index < -0.39 is 0 Å². The van der Waals surface area contributed by atoms with E-state index in [0.29, 0.717) is 12.4 Å². The predicted molar refractivity (Wildman–Crippen MR) is 98.8 cm³/mol. The highest BCUT2D eigenvalue weighted by Gasteiger charge is 2.02. The molecule has 0 spiro atoms. The molecule has 126 valence electrons. The highest BCUT2D eigenvalue weighted by molar-refractivity contribution is 9.10. The summed E-state index contributed by atoms with van der Waals surface area (Å²) in [5.41, 5.74) is 4.12. The van der Waals surface area contributed by atoms with Crippen LogP contribution in [0.25, 0.3) is 0 Å². The number of aromatic nitrogens is 3. The zero-order chi connectivity index (χ0) is 17.5. The van der Waals surface area contributed by atoms with Crippen molar-refractivity contribution in [2.75, 3.05) is 5.43 Å². The number of ether oxygens (including phenoxy) is 1. The van der Waals surface area contributed by atoms with Crippen LogP contribution in [-0.4, -0.2) is 21.4 Å². The quantitative estimate of drug-likeness (QED) is 0.490. The fraction of sp³-hybridized carbons (Fsp3) is 0.0588. The Morgan fingerprint density at radius 3 is 2.80 bits per heavy atom. The molecular weight excluding hydrogens is 386 g/mol. The van der Waals surface area contributed by atoms with Gasteiger partial charge in [-0.15, -0.1) is 10.2 Å². The van der Waals surface area contributed by atoms with E-state index >= 15 is 0 Å². The summed E-state index contributed by atoms with van der Waals surface area (Å²) in [7, 11) is 0. The van der Waals surface area contributed by atoms with Gasteiger partial charge in [0.05, 0.1) is 6.21 Å². The average Bonchev–Trinajstić information content (AvgIpc) is 2.62. The molecule has 0 aliphatic rings. The highest BCUT2D eigenvalue weighted by atomic mass is 79.9. The van der Waals surface area contributed by atoms with Crippen molar-refractivity contribution < 1.29 is 4.74 Å². The molecule has 3 aromatic rings. The van der Waals surface area contributed by atoms with E-state index in [1.54, 1.807) is 6.21 Å². The lowest BCUT2D eigenvalue weighted by atomic mass is 10.2. The van der Waals surface area contributed by atoms with E-state index in [2.05, 4.69) is 41.6 Å². The molecule has 0 amide bonds. The van der Waals surface area contributed by atoms with Gasteiger partial charge >= 0.3 is 0 Å². The van der Waals surface area contributed by atoms with E-state index in [0.717, 1.165) is 21.8 Å². The second kappa shape index (κ2) is 8.20. The van der Waals surface area contributed by atoms with Gasteiger partial charge < -0.3 is 4.74 Å². The second-order valence-electron chi connectivity index (χ2n) is 5.01. The number of hydrogen-bond acceptors (Lipinski definition) is 6. The van der Waals surface area contributed by atoms with Crippen LogP contribution in [-0.2, 0) is 6.61 Å². The third kappa shape index (κ3) is 4.98. The van der Waals surface area contributed by atoms with Gasteiger partial charge in [0.2, 0.25) is 5.95 Å². The van der Waals surface area contributed by atoms with E-state index in [4.69, 9.17) is 4.74 Å². The number of aromatic amines is 1. The first-order valence-corrected chi connectivity index (χ1v) is 8.17. The molecule has 1 aromatic heterocycles. The van der Waals surface area contributed by atoms with E-state index in [1.165, 1.54) is 0 Å². The van der Waals surface area contributed by atoms with Crippen LogP contribution < -0.4 is 15.7 Å². The maximum absolute atomic E-state index is 11.1. The van der Waals surface area contributed by atoms with Crippen molar-refractivity contribution in [1.29, 1.82) is 0 Å². The number of nitrogens with zero attached hydrogens (tertiary/aromatic N) is 3. The van der Waals surface area contributed by atoms with Gasteiger partial charge in [0, 0.05) is 10.0 Å². The lowest BCUT2D eigenvalue weighted by Crippen LogP contribution is -2.10. The first-order valence-electron chi connectivity index (χ1n) is 7.38. The third-order valence-corrected chi connectivity index (χ3v) is 3.70. The Balaban J connectivity index is 1.66. The molecule has 0 bridgehead atoms. The van der Waals surface area contributed by atoms with Crippen molar-refractivity contribution in [3.05, 3.63) is 80.7 Å². The van der Waals surface area contributed by atoms with Crippen molar-refractivity contribution >= 4 is 28.1 Å². The fourth-order valence-electron chi connectivity index (χ4n) is 1.99. The second-order valence-corrected chi connectivity index (χ2v) is 5.92. The smallest absolute Gasteiger partial charge is 0.271 e. The number of H-pyrrole nitrogens is 1. The van der Waals surface area contributed by atoms with Gasteiger partial charge in [-0.3, -0.25) is 9.78 Å². The zero-order valence-electron chi connectivity index (χ0n) is 13.0. The number of anilines is 1. The van der Waals surface area contributed by atoms with Gasteiger partial charge in [0.15, 0.2) is 0 Å². The summed E-state index contributed by atoms with van der Waals surface area (Å²) >= 11 is 3.41. The summed E-state index contributed by atoms with van der Waals surface area (Å²) in [6.45, 7) is 0.447. The van der Waals surface area contributed by atoms with Gasteiger partial charge in [-0.1, -0.05) is 40.2 Å². The number of rotatable bonds is 6. The van der Waals surface area contributed by atoms with Crippen LogP contribution in [0, 0.1) is 0 Å². The third-order valence-electron chi connectivity index (χ3n) is 3.18. The minimum absolute atomic E-state index is 0.164. The molecule has 25 heavy (non-hydrogen) atoms. The molecule has 8 heteroatoms. The molecule has 7 nitrogen and oxygen atoms in total. The van der Waals surface area contributed by atoms with Gasteiger partial charge in [0.25, 0.3) is 5.56 Å². The summed E-state index contributed by atoms with van der Waals surface area (Å²) in [4.78, 5) is 13.6. The summed E-state index contributed by atoms with van der Waals surface area (Å²) in [6.07, 6.45) is 2.67. The van der Waals surface area contributed by atoms with Crippen molar-refractivity contribution in [3.8, 4) is 5.75 Å². The monoisotopic (exact) mass is 399 g/mol. The van der Waals surface area contributed by atoms with Crippen LogP contribution in [0.5, 0.6) is 5.75 Å². The number of hydrazone groups is 1. The molecule has 0 aliphatic carbocycles. The Labute approximate surface area is 151 Å². The van der Waals surface area contributed by atoms with Crippen LogP contribution in [0.2, 0.25) is 0 Å². The number of hydrogen-bond donors (Lipinski definition) is 2. The maximum Gasteiger partial charge on any atom is 0.271 e. The summed E-state index contributed by atoms with van der Waals surface area (Å²) in [5.74, 6) is 0.862. The van der Waals surface area contributed by atoms with E-state index in [1.807, 2.05) is 48.5 Å². The molecule has 0 unspecified atom stereocenters. The van der Waals surface area contributed by atoms with Gasteiger partial charge in [-0.25, -0.2) is 5.43 Å². The van der Waals surface area contributed by atoms with Crippen molar-refractivity contribution in [3.63, 3.8) is 0 Å². The number of para-hydroxylation sites is 1. The number of halogens is 1. The van der Waals surface area contributed by atoms with E-state index in [9.17, 15) is 4.79 Å². The summed E-state index contributed by atoms with van der Waals surface area (Å²) in [5, 5.41) is 11.3. The standard InChI is InChI=1S/C17H14BrN5O2/c18-14-7-5-12(6-8-14)11-25-15-4-2-1-3-13(15)9-19-22-17-21-16(24)10-20-23-17/h1-10H,11H2,(H2,21,22,23,24)/b19-9+. The first kappa shape index (κ1) is 16.8. The normalized spacial score (nSPS) is 10.8. The Hall–Kier alpha value is -3.00. The largest absolute Gasteiger partial charge is 0.488 e. The molecule has 0 fully saturated rings. The van der Waals surface area contributed by atoms with Crippen LogP contribution in [0.4, 0.5) is 5.95 Å². The molecule has 2 N–H and O–H groups in total.